The highest BCUT2D eigenvalue weighted by atomic mass is 16.7. The maximum atomic E-state index is 10.6. The standard InChI is InChI=1S/C13H18O3/c1-10-4-3-5-11(8-10)13(14)6-7-16-12(9-13)15-2/h3-5,8,12,14H,6-7,9H2,1-2H3/t12-,13+/m1/s1. The molecule has 3 heteroatoms. The summed E-state index contributed by atoms with van der Waals surface area (Å²) >= 11 is 0. The van der Waals surface area contributed by atoms with Crippen molar-refractivity contribution < 1.29 is 14.6 Å². The molecule has 88 valence electrons. The molecule has 16 heavy (non-hydrogen) atoms. The van der Waals surface area contributed by atoms with Crippen LogP contribution in [0.4, 0.5) is 0 Å². The highest BCUT2D eigenvalue weighted by Gasteiger charge is 2.36. The molecule has 1 aromatic carbocycles. The van der Waals surface area contributed by atoms with E-state index in [0.717, 1.165) is 11.1 Å². The summed E-state index contributed by atoms with van der Waals surface area (Å²) in [6, 6.07) is 7.99. The molecule has 2 rings (SSSR count). The second-order valence-corrected chi connectivity index (χ2v) is 4.39. The van der Waals surface area contributed by atoms with Gasteiger partial charge in [-0.15, -0.1) is 0 Å². The average molecular weight is 222 g/mol. The van der Waals surface area contributed by atoms with E-state index in [1.165, 1.54) is 0 Å². The maximum Gasteiger partial charge on any atom is 0.160 e. The minimum absolute atomic E-state index is 0.306. The molecule has 0 aliphatic carbocycles. The van der Waals surface area contributed by atoms with Gasteiger partial charge < -0.3 is 14.6 Å². The van der Waals surface area contributed by atoms with Gasteiger partial charge in [-0.2, -0.15) is 0 Å². The first-order chi connectivity index (χ1) is 7.64. The molecule has 1 heterocycles. The Hall–Kier alpha value is -0.900. The zero-order valence-electron chi connectivity index (χ0n) is 9.77. The number of rotatable bonds is 2. The van der Waals surface area contributed by atoms with Gasteiger partial charge in [0, 0.05) is 20.0 Å². The second kappa shape index (κ2) is 4.53. The number of methoxy groups -OCH3 is 1. The molecule has 1 aliphatic rings. The van der Waals surface area contributed by atoms with Gasteiger partial charge in [0.2, 0.25) is 0 Å². The van der Waals surface area contributed by atoms with E-state index in [4.69, 9.17) is 9.47 Å². The topological polar surface area (TPSA) is 38.7 Å². The quantitative estimate of drug-likeness (QED) is 0.831. The van der Waals surface area contributed by atoms with Gasteiger partial charge >= 0.3 is 0 Å². The second-order valence-electron chi connectivity index (χ2n) is 4.39. The average Bonchev–Trinajstić information content (AvgIpc) is 2.29. The molecule has 0 spiro atoms. The lowest BCUT2D eigenvalue weighted by Gasteiger charge is -2.36. The molecular formula is C13H18O3. The van der Waals surface area contributed by atoms with Crippen molar-refractivity contribution in [2.24, 2.45) is 0 Å². The SMILES string of the molecule is CO[C@H]1C[C@](O)(c2cccc(C)c2)CCO1. The van der Waals surface area contributed by atoms with Gasteiger partial charge in [-0.25, -0.2) is 0 Å². The minimum Gasteiger partial charge on any atom is -0.385 e. The van der Waals surface area contributed by atoms with Gasteiger partial charge in [0.05, 0.1) is 12.2 Å². The van der Waals surface area contributed by atoms with Gasteiger partial charge in [0.25, 0.3) is 0 Å². The predicted octanol–water partition coefficient (Wildman–Crippen LogP) is 1.97. The van der Waals surface area contributed by atoms with E-state index in [0.29, 0.717) is 19.4 Å². The van der Waals surface area contributed by atoms with E-state index < -0.39 is 5.60 Å². The van der Waals surface area contributed by atoms with Crippen LogP contribution in [-0.2, 0) is 15.1 Å². The van der Waals surface area contributed by atoms with E-state index in [-0.39, 0.29) is 6.29 Å². The molecule has 1 fully saturated rings. The fourth-order valence-electron chi connectivity index (χ4n) is 2.14. The number of ether oxygens (including phenoxy) is 2. The van der Waals surface area contributed by atoms with Crippen molar-refractivity contribution in [2.45, 2.75) is 31.7 Å². The Kier molecular flexibility index (Phi) is 3.28. The van der Waals surface area contributed by atoms with Gasteiger partial charge in [0.15, 0.2) is 6.29 Å². The van der Waals surface area contributed by atoms with Gasteiger partial charge in [-0.1, -0.05) is 29.8 Å². The fraction of sp³-hybridized carbons (Fsp3) is 0.538. The molecule has 0 amide bonds. The smallest absolute Gasteiger partial charge is 0.160 e. The summed E-state index contributed by atoms with van der Waals surface area (Å²) in [5, 5.41) is 10.6. The third-order valence-corrected chi connectivity index (χ3v) is 3.14. The summed E-state index contributed by atoms with van der Waals surface area (Å²) in [5.74, 6) is 0. The van der Waals surface area contributed by atoms with Crippen molar-refractivity contribution in [3.05, 3.63) is 35.4 Å². The molecule has 0 aromatic heterocycles. The summed E-state index contributed by atoms with van der Waals surface area (Å²) in [5.41, 5.74) is 1.30. The van der Waals surface area contributed by atoms with Gasteiger partial charge in [-0.05, 0) is 12.5 Å². The lowest BCUT2D eigenvalue weighted by atomic mass is 9.85. The largest absolute Gasteiger partial charge is 0.385 e. The molecule has 0 bridgehead atoms. The zero-order valence-corrected chi connectivity index (χ0v) is 9.77. The summed E-state index contributed by atoms with van der Waals surface area (Å²) in [7, 11) is 1.60. The number of benzene rings is 1. The van der Waals surface area contributed by atoms with Crippen LogP contribution in [-0.4, -0.2) is 25.1 Å². The summed E-state index contributed by atoms with van der Waals surface area (Å²) in [4.78, 5) is 0. The van der Waals surface area contributed by atoms with Crippen LogP contribution < -0.4 is 0 Å². The molecule has 0 radical (unpaired) electrons. The highest BCUT2D eigenvalue weighted by molar-refractivity contribution is 5.27. The molecule has 1 aliphatic heterocycles. The molecular weight excluding hydrogens is 204 g/mol. The van der Waals surface area contributed by atoms with E-state index in [1.807, 2.05) is 31.2 Å². The van der Waals surface area contributed by atoms with Gasteiger partial charge in [0.1, 0.15) is 0 Å². The highest BCUT2D eigenvalue weighted by Crippen LogP contribution is 2.34. The summed E-state index contributed by atoms with van der Waals surface area (Å²) < 4.78 is 10.5. The first-order valence-electron chi connectivity index (χ1n) is 5.58. The van der Waals surface area contributed by atoms with Crippen molar-refractivity contribution >= 4 is 0 Å². The monoisotopic (exact) mass is 222 g/mol. The zero-order chi connectivity index (χ0) is 11.6. The number of aliphatic hydroxyl groups is 1. The Balaban J connectivity index is 2.23. The van der Waals surface area contributed by atoms with E-state index in [1.54, 1.807) is 7.11 Å². The van der Waals surface area contributed by atoms with Crippen molar-refractivity contribution in [1.82, 2.24) is 0 Å². The van der Waals surface area contributed by atoms with Gasteiger partial charge in [-0.3, -0.25) is 0 Å². The maximum absolute atomic E-state index is 10.6. The first-order valence-corrected chi connectivity index (χ1v) is 5.58. The van der Waals surface area contributed by atoms with Crippen LogP contribution in [0.2, 0.25) is 0 Å². The lowest BCUT2D eigenvalue weighted by Crippen LogP contribution is -2.39. The molecule has 0 unspecified atom stereocenters. The van der Waals surface area contributed by atoms with Crippen LogP contribution in [0, 0.1) is 6.92 Å². The molecule has 3 nitrogen and oxygen atoms in total. The Morgan fingerprint density at radius 3 is 3.00 bits per heavy atom. The van der Waals surface area contributed by atoms with Crippen LogP contribution in [0.15, 0.2) is 24.3 Å². The Bertz CT molecular complexity index is 364. The van der Waals surface area contributed by atoms with Crippen LogP contribution in [0.5, 0.6) is 0 Å². The Morgan fingerprint density at radius 1 is 1.50 bits per heavy atom. The Morgan fingerprint density at radius 2 is 2.31 bits per heavy atom. The normalized spacial score (nSPS) is 30.3. The van der Waals surface area contributed by atoms with Crippen LogP contribution >= 0.6 is 0 Å². The van der Waals surface area contributed by atoms with Crippen molar-refractivity contribution in [3.8, 4) is 0 Å². The van der Waals surface area contributed by atoms with E-state index >= 15 is 0 Å². The number of hydrogen-bond donors (Lipinski definition) is 1. The van der Waals surface area contributed by atoms with Crippen molar-refractivity contribution in [1.29, 1.82) is 0 Å². The summed E-state index contributed by atoms with van der Waals surface area (Å²) in [6.45, 7) is 2.56. The van der Waals surface area contributed by atoms with Crippen LogP contribution in [0.3, 0.4) is 0 Å². The van der Waals surface area contributed by atoms with Crippen LogP contribution in [0.1, 0.15) is 24.0 Å². The minimum atomic E-state index is -0.815. The van der Waals surface area contributed by atoms with E-state index in [2.05, 4.69) is 0 Å². The third-order valence-electron chi connectivity index (χ3n) is 3.14. The third kappa shape index (κ3) is 2.26. The fourth-order valence-corrected chi connectivity index (χ4v) is 2.14. The summed E-state index contributed by atoms with van der Waals surface area (Å²) in [6.07, 6.45) is 0.808. The Labute approximate surface area is 96.0 Å². The van der Waals surface area contributed by atoms with E-state index in [9.17, 15) is 5.11 Å². The molecule has 0 saturated carbocycles. The molecule has 1 saturated heterocycles. The van der Waals surface area contributed by atoms with Crippen LogP contribution in [0.25, 0.3) is 0 Å². The predicted molar refractivity (Wildman–Crippen MR) is 61.1 cm³/mol. The molecule has 2 atom stereocenters. The lowest BCUT2D eigenvalue weighted by molar-refractivity contribution is -0.202. The van der Waals surface area contributed by atoms with Crippen molar-refractivity contribution in [3.63, 3.8) is 0 Å². The molecule has 1 N–H and O–H groups in total. The molecule has 1 aromatic rings. The first kappa shape index (κ1) is 11.6. The van der Waals surface area contributed by atoms with Crippen molar-refractivity contribution in [2.75, 3.05) is 13.7 Å². The number of hydrogen-bond acceptors (Lipinski definition) is 3. The number of aryl methyl sites for hydroxylation is 1.